The number of fused-ring (bicyclic) bond motifs is 1. The van der Waals surface area contributed by atoms with Gasteiger partial charge in [0.25, 0.3) is 0 Å². The van der Waals surface area contributed by atoms with Gasteiger partial charge >= 0.3 is 6.09 Å². The normalized spacial score (nSPS) is 23.5. The molecule has 0 aliphatic carbocycles. The minimum atomic E-state index is -0.338. The number of carbonyl (C=O) groups is 1. The lowest BCUT2D eigenvalue weighted by molar-refractivity contribution is 0.134. The number of hydrogen-bond donors (Lipinski definition) is 1. The number of amides is 1. The number of benzene rings is 2. The van der Waals surface area contributed by atoms with E-state index in [1.165, 1.54) is 5.39 Å². The van der Waals surface area contributed by atoms with Crippen molar-refractivity contribution < 1.29 is 9.53 Å². The molecule has 0 bridgehead atoms. The van der Waals surface area contributed by atoms with E-state index in [9.17, 15) is 4.79 Å². The predicted molar refractivity (Wildman–Crippen MR) is 65.8 cm³/mol. The van der Waals surface area contributed by atoms with Crippen LogP contribution in [0.2, 0.25) is 0 Å². The van der Waals surface area contributed by atoms with Crippen LogP contribution in [0.1, 0.15) is 18.6 Å². The van der Waals surface area contributed by atoms with E-state index >= 15 is 0 Å². The monoisotopic (exact) mass is 227 g/mol. The van der Waals surface area contributed by atoms with Gasteiger partial charge in [-0.05, 0) is 17.7 Å². The fraction of sp³-hybridized carbons (Fsp3) is 0.214. The van der Waals surface area contributed by atoms with E-state index in [4.69, 9.17) is 4.74 Å². The van der Waals surface area contributed by atoms with Gasteiger partial charge in [0.05, 0.1) is 6.04 Å². The van der Waals surface area contributed by atoms with Crippen molar-refractivity contribution in [2.45, 2.75) is 19.1 Å². The van der Waals surface area contributed by atoms with Gasteiger partial charge < -0.3 is 10.1 Å². The van der Waals surface area contributed by atoms with Crippen LogP contribution < -0.4 is 5.32 Å². The first-order chi connectivity index (χ1) is 8.25. The van der Waals surface area contributed by atoms with E-state index in [0.29, 0.717) is 0 Å². The molecule has 1 aliphatic heterocycles. The second-order valence-corrected chi connectivity index (χ2v) is 4.33. The Labute approximate surface area is 99.4 Å². The average Bonchev–Trinajstić information content (AvgIpc) is 2.68. The van der Waals surface area contributed by atoms with Crippen molar-refractivity contribution in [2.75, 3.05) is 0 Å². The van der Waals surface area contributed by atoms with Crippen LogP contribution in [0.4, 0.5) is 4.79 Å². The van der Waals surface area contributed by atoms with Crippen LogP contribution in [0.3, 0.4) is 0 Å². The lowest BCUT2D eigenvalue weighted by atomic mass is 9.97. The van der Waals surface area contributed by atoms with Crippen LogP contribution in [0.15, 0.2) is 42.5 Å². The molecule has 86 valence electrons. The SMILES string of the molecule is C[C@H]1NC(=O)O[C@@H]1c1cccc2ccccc12. The predicted octanol–water partition coefficient (Wildman–Crippen LogP) is 3.01. The topological polar surface area (TPSA) is 38.3 Å². The van der Waals surface area contributed by atoms with Gasteiger partial charge in [-0.3, -0.25) is 0 Å². The molecule has 0 radical (unpaired) electrons. The summed E-state index contributed by atoms with van der Waals surface area (Å²) in [6, 6.07) is 14.2. The first-order valence-corrected chi connectivity index (χ1v) is 5.70. The molecule has 1 saturated heterocycles. The summed E-state index contributed by atoms with van der Waals surface area (Å²) in [4.78, 5) is 11.2. The second kappa shape index (κ2) is 3.77. The van der Waals surface area contributed by atoms with Gasteiger partial charge in [-0.25, -0.2) is 4.79 Å². The van der Waals surface area contributed by atoms with Crippen LogP contribution in [0, 0.1) is 0 Å². The standard InChI is InChI=1S/C14H13NO2/c1-9-13(17-14(16)15-9)12-8-4-6-10-5-2-3-7-11(10)12/h2-9,13H,1H3,(H,15,16)/t9-,13+/m1/s1. The van der Waals surface area contributed by atoms with Crippen molar-refractivity contribution in [2.24, 2.45) is 0 Å². The van der Waals surface area contributed by atoms with Gasteiger partial charge in [0, 0.05) is 5.56 Å². The van der Waals surface area contributed by atoms with Crippen molar-refractivity contribution in [1.82, 2.24) is 5.32 Å². The minimum Gasteiger partial charge on any atom is -0.439 e. The van der Waals surface area contributed by atoms with Crippen LogP contribution in [0.5, 0.6) is 0 Å². The number of ether oxygens (including phenoxy) is 1. The number of carbonyl (C=O) groups excluding carboxylic acids is 1. The van der Waals surface area contributed by atoms with E-state index < -0.39 is 0 Å². The van der Waals surface area contributed by atoms with Crippen molar-refractivity contribution in [3.63, 3.8) is 0 Å². The molecule has 1 fully saturated rings. The Morgan fingerprint density at radius 2 is 1.88 bits per heavy atom. The van der Waals surface area contributed by atoms with Gasteiger partial charge in [0.1, 0.15) is 6.10 Å². The lowest BCUT2D eigenvalue weighted by Gasteiger charge is -2.15. The maximum absolute atomic E-state index is 11.2. The summed E-state index contributed by atoms with van der Waals surface area (Å²) in [5.41, 5.74) is 1.06. The molecule has 3 heteroatoms. The van der Waals surface area contributed by atoms with Gasteiger partial charge in [0.15, 0.2) is 0 Å². The third-order valence-corrected chi connectivity index (χ3v) is 3.16. The molecule has 0 saturated carbocycles. The van der Waals surface area contributed by atoms with E-state index in [-0.39, 0.29) is 18.2 Å². The minimum absolute atomic E-state index is 0.00769. The molecule has 1 heterocycles. The van der Waals surface area contributed by atoms with Crippen molar-refractivity contribution in [1.29, 1.82) is 0 Å². The summed E-state index contributed by atoms with van der Waals surface area (Å²) in [5.74, 6) is 0. The molecule has 17 heavy (non-hydrogen) atoms. The zero-order valence-corrected chi connectivity index (χ0v) is 9.51. The fourth-order valence-electron chi connectivity index (χ4n) is 2.34. The molecule has 2 aromatic rings. The molecular weight excluding hydrogens is 214 g/mol. The number of rotatable bonds is 1. The first kappa shape index (κ1) is 10.1. The number of alkyl carbamates (subject to hydrolysis) is 1. The molecule has 0 aromatic heterocycles. The molecule has 0 spiro atoms. The molecule has 0 unspecified atom stereocenters. The van der Waals surface area contributed by atoms with Crippen LogP contribution >= 0.6 is 0 Å². The maximum Gasteiger partial charge on any atom is 0.408 e. The molecule has 3 nitrogen and oxygen atoms in total. The third-order valence-electron chi connectivity index (χ3n) is 3.16. The molecule has 3 rings (SSSR count). The third kappa shape index (κ3) is 1.64. The number of nitrogens with one attached hydrogen (secondary N) is 1. The zero-order valence-electron chi connectivity index (χ0n) is 9.51. The summed E-state index contributed by atoms with van der Waals surface area (Å²) in [6.07, 6.45) is -0.538. The highest BCUT2D eigenvalue weighted by atomic mass is 16.6. The quantitative estimate of drug-likeness (QED) is 0.813. The molecule has 1 aliphatic rings. The smallest absolute Gasteiger partial charge is 0.408 e. The molecule has 2 aromatic carbocycles. The zero-order chi connectivity index (χ0) is 11.8. The van der Waals surface area contributed by atoms with E-state index in [1.54, 1.807) is 0 Å². The second-order valence-electron chi connectivity index (χ2n) is 4.33. The van der Waals surface area contributed by atoms with Crippen molar-refractivity contribution >= 4 is 16.9 Å². The Morgan fingerprint density at radius 3 is 2.65 bits per heavy atom. The Balaban J connectivity index is 2.14. The maximum atomic E-state index is 11.2. The molecule has 1 amide bonds. The van der Waals surface area contributed by atoms with Gasteiger partial charge in [-0.1, -0.05) is 42.5 Å². The Hall–Kier alpha value is -2.03. The largest absolute Gasteiger partial charge is 0.439 e. The molecule has 1 N–H and O–H groups in total. The lowest BCUT2D eigenvalue weighted by Crippen LogP contribution is -2.23. The van der Waals surface area contributed by atoms with Crippen LogP contribution in [-0.4, -0.2) is 12.1 Å². The number of hydrogen-bond acceptors (Lipinski definition) is 2. The highest BCUT2D eigenvalue weighted by Crippen LogP contribution is 2.31. The summed E-state index contributed by atoms with van der Waals surface area (Å²) in [5, 5.41) is 5.08. The Bertz CT molecular complexity index is 574. The average molecular weight is 227 g/mol. The Kier molecular flexibility index (Phi) is 2.25. The fourth-order valence-corrected chi connectivity index (χ4v) is 2.34. The van der Waals surface area contributed by atoms with Gasteiger partial charge in [-0.15, -0.1) is 0 Å². The van der Waals surface area contributed by atoms with Crippen molar-refractivity contribution in [3.05, 3.63) is 48.0 Å². The van der Waals surface area contributed by atoms with E-state index in [1.807, 2.05) is 31.2 Å². The van der Waals surface area contributed by atoms with E-state index in [0.717, 1.165) is 10.9 Å². The first-order valence-electron chi connectivity index (χ1n) is 5.70. The van der Waals surface area contributed by atoms with Gasteiger partial charge in [0.2, 0.25) is 0 Å². The summed E-state index contributed by atoms with van der Waals surface area (Å²) in [6.45, 7) is 1.96. The van der Waals surface area contributed by atoms with Crippen molar-refractivity contribution in [3.8, 4) is 0 Å². The molecule has 2 atom stereocenters. The Morgan fingerprint density at radius 1 is 1.12 bits per heavy atom. The van der Waals surface area contributed by atoms with E-state index in [2.05, 4.69) is 23.5 Å². The summed E-state index contributed by atoms with van der Waals surface area (Å²) >= 11 is 0. The highest BCUT2D eigenvalue weighted by Gasteiger charge is 2.32. The highest BCUT2D eigenvalue weighted by molar-refractivity contribution is 5.86. The van der Waals surface area contributed by atoms with Crippen LogP contribution in [-0.2, 0) is 4.74 Å². The summed E-state index contributed by atoms with van der Waals surface area (Å²) in [7, 11) is 0. The van der Waals surface area contributed by atoms with Crippen LogP contribution in [0.25, 0.3) is 10.8 Å². The number of cyclic esters (lactones) is 1. The summed E-state index contributed by atoms with van der Waals surface area (Å²) < 4.78 is 5.32. The molecular formula is C14H13NO2. The van der Waals surface area contributed by atoms with Gasteiger partial charge in [-0.2, -0.15) is 0 Å².